The van der Waals surface area contributed by atoms with Gasteiger partial charge in [0.25, 0.3) is 0 Å². The van der Waals surface area contributed by atoms with E-state index in [1.807, 2.05) is 0 Å². The molecule has 1 aromatic rings. The van der Waals surface area contributed by atoms with Crippen molar-refractivity contribution in [1.82, 2.24) is 4.98 Å². The third kappa shape index (κ3) is 3.58. The van der Waals surface area contributed by atoms with Crippen molar-refractivity contribution in [2.45, 2.75) is 0 Å². The van der Waals surface area contributed by atoms with Gasteiger partial charge in [0.05, 0.1) is 6.20 Å². The molecule has 7 heteroatoms. The summed E-state index contributed by atoms with van der Waals surface area (Å²) in [5, 5.41) is 0. The van der Waals surface area contributed by atoms with E-state index in [0.29, 0.717) is 0 Å². The standard InChI is InChI=1S/C3H4NO4P.Ca.2H/c5-9(6)8-3-4-1-2-7-3;;;/h1-2,9H,(H,5,6);;;. The first-order chi connectivity index (χ1) is 4.29. The Morgan fingerprint density at radius 2 is 2.50 bits per heavy atom. The summed E-state index contributed by atoms with van der Waals surface area (Å²) in [7, 11) is -2.96. The maximum atomic E-state index is 9.93. The van der Waals surface area contributed by atoms with Gasteiger partial charge in [0.15, 0.2) is 0 Å². The first-order valence-corrected chi connectivity index (χ1v) is 3.35. The van der Waals surface area contributed by atoms with Crippen molar-refractivity contribution in [2.24, 2.45) is 0 Å². The van der Waals surface area contributed by atoms with Crippen LogP contribution in [0.1, 0.15) is 0 Å². The van der Waals surface area contributed by atoms with Crippen molar-refractivity contribution >= 4 is 46.0 Å². The number of nitrogens with zero attached hydrogens (tertiary/aromatic N) is 1. The summed E-state index contributed by atoms with van der Waals surface area (Å²) in [4.78, 5) is 11.6. The topological polar surface area (TPSA) is 72.6 Å². The van der Waals surface area contributed by atoms with E-state index in [1.165, 1.54) is 12.5 Å². The fourth-order valence-corrected chi connectivity index (χ4v) is 0.586. The number of hydrogen-bond donors (Lipinski definition) is 1. The zero-order chi connectivity index (χ0) is 6.69. The van der Waals surface area contributed by atoms with Gasteiger partial charge in [0.2, 0.25) is 0 Å². The van der Waals surface area contributed by atoms with Crippen LogP contribution >= 0.6 is 8.25 Å². The zero-order valence-electron chi connectivity index (χ0n) is 4.27. The molecule has 0 spiro atoms. The Balaban J connectivity index is 0.000000810. The molecule has 1 rings (SSSR count). The van der Waals surface area contributed by atoms with Crippen LogP contribution in [-0.2, 0) is 4.57 Å². The van der Waals surface area contributed by atoms with Gasteiger partial charge >= 0.3 is 52.1 Å². The van der Waals surface area contributed by atoms with Crippen molar-refractivity contribution in [1.29, 1.82) is 0 Å². The van der Waals surface area contributed by atoms with Crippen molar-refractivity contribution in [3.05, 3.63) is 12.5 Å². The molecule has 54 valence electrons. The zero-order valence-corrected chi connectivity index (χ0v) is 5.27. The van der Waals surface area contributed by atoms with Crippen LogP contribution in [0.4, 0.5) is 0 Å². The van der Waals surface area contributed by atoms with Gasteiger partial charge in [0.1, 0.15) is 6.26 Å². The second-order valence-corrected chi connectivity index (χ2v) is 1.90. The molecule has 0 aliphatic carbocycles. The molecule has 1 aromatic heterocycles. The van der Waals surface area contributed by atoms with E-state index < -0.39 is 8.25 Å². The van der Waals surface area contributed by atoms with Gasteiger partial charge < -0.3 is 13.8 Å². The summed E-state index contributed by atoms with van der Waals surface area (Å²) in [6, 6.07) is 0. The van der Waals surface area contributed by atoms with E-state index in [-0.39, 0.29) is 43.8 Å². The van der Waals surface area contributed by atoms with Crippen molar-refractivity contribution in [2.75, 3.05) is 0 Å². The Morgan fingerprint density at radius 1 is 1.80 bits per heavy atom. The quantitative estimate of drug-likeness (QED) is 0.504. The Kier molecular flexibility index (Phi) is 5.39. The molecule has 0 amide bonds. The molecule has 0 radical (unpaired) electrons. The third-order valence-corrected chi connectivity index (χ3v) is 0.934. The Bertz CT molecular complexity index is 200. The van der Waals surface area contributed by atoms with Crippen molar-refractivity contribution < 1.29 is 18.4 Å². The normalized spacial score (nSPS) is 11.7. The second kappa shape index (κ2) is 5.16. The Morgan fingerprint density at radius 3 is 2.90 bits per heavy atom. The molecule has 0 saturated heterocycles. The van der Waals surface area contributed by atoms with Crippen molar-refractivity contribution in [3.63, 3.8) is 0 Å². The molecular formula is C3H6CaNO4P. The first-order valence-electron chi connectivity index (χ1n) is 2.09. The number of hydrogen-bond acceptors (Lipinski definition) is 4. The van der Waals surface area contributed by atoms with Gasteiger partial charge in [0, 0.05) is 0 Å². The van der Waals surface area contributed by atoms with Gasteiger partial charge in [-0.3, -0.25) is 0 Å². The molecule has 0 saturated carbocycles. The Labute approximate surface area is 87.3 Å². The molecule has 1 atom stereocenters. The SMILES string of the molecule is O=[PH](O)Oc1ncco1.[CaH2]. The molecular weight excluding hydrogens is 185 g/mol. The Hall–Kier alpha value is 0.460. The van der Waals surface area contributed by atoms with Crippen LogP contribution in [0.3, 0.4) is 0 Å². The molecule has 0 aliphatic rings. The van der Waals surface area contributed by atoms with Gasteiger partial charge in [-0.25, -0.2) is 4.57 Å². The van der Waals surface area contributed by atoms with Crippen molar-refractivity contribution in [3.8, 4) is 6.08 Å². The number of oxazole rings is 1. The molecule has 5 nitrogen and oxygen atoms in total. The van der Waals surface area contributed by atoms with E-state index in [4.69, 9.17) is 4.89 Å². The number of rotatable bonds is 2. The summed E-state index contributed by atoms with van der Waals surface area (Å²) < 4.78 is 18.6. The van der Waals surface area contributed by atoms with E-state index in [1.54, 1.807) is 0 Å². The van der Waals surface area contributed by atoms with Gasteiger partial charge in [-0.2, -0.15) is 4.98 Å². The molecule has 1 unspecified atom stereocenters. The van der Waals surface area contributed by atoms with Crippen LogP contribution in [0.25, 0.3) is 0 Å². The predicted molar refractivity (Wildman–Crippen MR) is 36.9 cm³/mol. The fourth-order valence-electron chi connectivity index (χ4n) is 0.335. The van der Waals surface area contributed by atoms with Crippen LogP contribution in [0.2, 0.25) is 0 Å². The van der Waals surface area contributed by atoms with Gasteiger partial charge in [-0.15, -0.1) is 0 Å². The molecule has 10 heavy (non-hydrogen) atoms. The second-order valence-electron chi connectivity index (χ2n) is 1.17. The minimum absolute atomic E-state index is 0. The molecule has 0 aromatic carbocycles. The van der Waals surface area contributed by atoms with Crippen LogP contribution in [0, 0.1) is 0 Å². The van der Waals surface area contributed by atoms with E-state index >= 15 is 0 Å². The molecule has 1 heterocycles. The van der Waals surface area contributed by atoms with Crippen LogP contribution < -0.4 is 4.52 Å². The van der Waals surface area contributed by atoms with Crippen LogP contribution in [-0.4, -0.2) is 47.6 Å². The minimum atomic E-state index is -2.96. The summed E-state index contributed by atoms with van der Waals surface area (Å²) >= 11 is 0. The van der Waals surface area contributed by atoms with Gasteiger partial charge in [-0.1, -0.05) is 0 Å². The summed E-state index contributed by atoms with van der Waals surface area (Å²) in [5.41, 5.74) is 0. The average Bonchev–Trinajstić information content (AvgIpc) is 2.15. The fraction of sp³-hybridized carbons (Fsp3) is 0. The third-order valence-electron chi connectivity index (χ3n) is 0.584. The average molecular weight is 191 g/mol. The van der Waals surface area contributed by atoms with Gasteiger partial charge in [-0.05, 0) is 0 Å². The molecule has 1 N–H and O–H groups in total. The summed E-state index contributed by atoms with van der Waals surface area (Å²) in [6.07, 6.45) is 2.39. The van der Waals surface area contributed by atoms with Crippen LogP contribution in [0.15, 0.2) is 16.9 Å². The summed E-state index contributed by atoms with van der Waals surface area (Å²) in [6.45, 7) is 0. The predicted octanol–water partition coefficient (Wildman–Crippen LogP) is -0.481. The molecule has 0 aliphatic heterocycles. The van der Waals surface area contributed by atoms with E-state index in [2.05, 4.69) is 13.9 Å². The monoisotopic (exact) mass is 191 g/mol. The first kappa shape index (κ1) is 10.5. The van der Waals surface area contributed by atoms with E-state index in [0.717, 1.165) is 0 Å². The van der Waals surface area contributed by atoms with Crippen LogP contribution in [0.5, 0.6) is 6.08 Å². The maximum absolute atomic E-state index is 9.93. The summed E-state index contributed by atoms with van der Waals surface area (Å²) in [5.74, 6) is 0. The number of aromatic nitrogens is 1. The van der Waals surface area contributed by atoms with E-state index in [9.17, 15) is 4.57 Å². The molecule has 0 bridgehead atoms. The molecule has 0 fully saturated rings.